The van der Waals surface area contributed by atoms with Gasteiger partial charge >= 0.3 is 0 Å². The zero-order valence-electron chi connectivity index (χ0n) is 9.97. The van der Waals surface area contributed by atoms with E-state index < -0.39 is 10.8 Å². The van der Waals surface area contributed by atoms with Crippen LogP contribution in [0, 0.1) is 16.0 Å². The third-order valence-electron chi connectivity index (χ3n) is 1.99. The van der Waals surface area contributed by atoms with Gasteiger partial charge in [0, 0.05) is 12.1 Å². The number of non-ortho nitro benzene ring substituents is 1. The summed E-state index contributed by atoms with van der Waals surface area (Å²) in [6.07, 6.45) is 0. The number of amides is 1. The van der Waals surface area contributed by atoms with Gasteiger partial charge in [-0.05, 0) is 12.0 Å². The summed E-state index contributed by atoms with van der Waals surface area (Å²) in [7, 11) is 0. The van der Waals surface area contributed by atoms with Crippen molar-refractivity contribution in [2.24, 2.45) is 5.92 Å². The molecule has 7 heteroatoms. The van der Waals surface area contributed by atoms with E-state index in [0.717, 1.165) is 6.07 Å². The summed E-state index contributed by atoms with van der Waals surface area (Å²) in [4.78, 5) is 26.6. The molecule has 0 aliphatic carbocycles. The molecule has 0 spiro atoms. The Hall–Kier alpha value is -1.66. The molecule has 0 saturated heterocycles. The highest BCUT2D eigenvalue weighted by Crippen LogP contribution is 2.21. The summed E-state index contributed by atoms with van der Waals surface area (Å²) >= 11 is 5.80. The minimum absolute atomic E-state index is 0.00891. The van der Waals surface area contributed by atoms with Crippen LogP contribution < -0.4 is 5.48 Å². The van der Waals surface area contributed by atoms with Crippen LogP contribution in [0.1, 0.15) is 24.2 Å². The molecule has 1 amide bonds. The van der Waals surface area contributed by atoms with E-state index in [1.54, 1.807) is 0 Å². The molecule has 0 unspecified atom stereocenters. The second-order valence-corrected chi connectivity index (χ2v) is 4.46. The van der Waals surface area contributed by atoms with Gasteiger partial charge in [-0.15, -0.1) is 0 Å². The van der Waals surface area contributed by atoms with Gasteiger partial charge in [0.25, 0.3) is 11.6 Å². The van der Waals surface area contributed by atoms with Crippen molar-refractivity contribution >= 4 is 23.2 Å². The van der Waals surface area contributed by atoms with E-state index in [1.807, 2.05) is 13.8 Å². The van der Waals surface area contributed by atoms with Gasteiger partial charge in [-0.2, -0.15) is 0 Å². The van der Waals surface area contributed by atoms with Crippen molar-refractivity contribution in [3.8, 4) is 0 Å². The normalized spacial score (nSPS) is 10.4. The number of carbonyl (C=O) groups is 1. The summed E-state index contributed by atoms with van der Waals surface area (Å²) in [5, 5.41) is 10.7. The Morgan fingerprint density at radius 2 is 2.22 bits per heavy atom. The molecule has 1 aromatic rings. The molecule has 18 heavy (non-hydrogen) atoms. The second-order valence-electron chi connectivity index (χ2n) is 4.06. The van der Waals surface area contributed by atoms with Crippen LogP contribution in [0.3, 0.4) is 0 Å². The van der Waals surface area contributed by atoms with Crippen molar-refractivity contribution in [2.45, 2.75) is 13.8 Å². The average Bonchev–Trinajstić information content (AvgIpc) is 2.28. The Morgan fingerprint density at radius 3 is 2.78 bits per heavy atom. The molecule has 0 heterocycles. The lowest BCUT2D eigenvalue weighted by Gasteiger charge is -2.08. The summed E-state index contributed by atoms with van der Waals surface area (Å²) < 4.78 is 0. The van der Waals surface area contributed by atoms with Gasteiger partial charge in [-0.3, -0.25) is 19.7 Å². The summed E-state index contributed by atoms with van der Waals surface area (Å²) in [6, 6.07) is 3.64. The lowest BCUT2D eigenvalue weighted by Crippen LogP contribution is -2.25. The van der Waals surface area contributed by atoms with Crippen LogP contribution in [0.15, 0.2) is 18.2 Å². The molecule has 0 saturated carbocycles. The summed E-state index contributed by atoms with van der Waals surface area (Å²) in [5.74, 6) is -0.352. The Kier molecular flexibility index (Phi) is 5.06. The maximum absolute atomic E-state index is 11.7. The molecule has 98 valence electrons. The van der Waals surface area contributed by atoms with Crippen LogP contribution in [0.5, 0.6) is 0 Å². The number of nitrogens with one attached hydrogen (secondary N) is 1. The molecular formula is C11H13ClN2O4. The third kappa shape index (κ3) is 3.97. The van der Waals surface area contributed by atoms with Crippen LogP contribution in [0.2, 0.25) is 5.02 Å². The molecule has 0 atom stereocenters. The molecule has 0 aromatic heterocycles. The Labute approximate surface area is 109 Å². The quantitative estimate of drug-likeness (QED) is 0.660. The van der Waals surface area contributed by atoms with Gasteiger partial charge < -0.3 is 0 Å². The molecule has 1 rings (SSSR count). The number of hydrogen-bond acceptors (Lipinski definition) is 4. The van der Waals surface area contributed by atoms with E-state index in [4.69, 9.17) is 16.4 Å². The van der Waals surface area contributed by atoms with Gasteiger partial charge in [-0.1, -0.05) is 25.4 Å². The molecular weight excluding hydrogens is 260 g/mol. The molecule has 1 aromatic carbocycles. The van der Waals surface area contributed by atoms with Crippen LogP contribution in [0.4, 0.5) is 5.69 Å². The Balaban J connectivity index is 2.78. The number of nitro groups is 1. The van der Waals surface area contributed by atoms with Crippen LogP contribution >= 0.6 is 11.6 Å². The first-order chi connectivity index (χ1) is 8.41. The second kappa shape index (κ2) is 6.32. The van der Waals surface area contributed by atoms with Crippen LogP contribution in [-0.2, 0) is 4.84 Å². The first-order valence-electron chi connectivity index (χ1n) is 5.28. The number of nitrogens with zero attached hydrogens (tertiary/aromatic N) is 1. The fraction of sp³-hybridized carbons (Fsp3) is 0.364. The van der Waals surface area contributed by atoms with E-state index in [0.29, 0.717) is 6.61 Å². The highest BCUT2D eigenvalue weighted by Gasteiger charge is 2.15. The standard InChI is InChI=1S/C11H13ClN2O4/c1-7(2)6-18-13-11(15)9-5-8(14(16)17)3-4-10(9)12/h3-5,7H,6H2,1-2H3,(H,13,15). The first kappa shape index (κ1) is 14.4. The Bertz CT molecular complexity index is 462. The number of nitro benzene ring substituents is 1. The highest BCUT2D eigenvalue weighted by molar-refractivity contribution is 6.33. The average molecular weight is 273 g/mol. The van der Waals surface area contributed by atoms with Crippen molar-refractivity contribution in [3.63, 3.8) is 0 Å². The molecule has 0 bridgehead atoms. The van der Waals surface area contributed by atoms with E-state index >= 15 is 0 Å². The predicted octanol–water partition coefficient (Wildman–Crippen LogP) is 2.57. The van der Waals surface area contributed by atoms with E-state index in [-0.39, 0.29) is 22.2 Å². The smallest absolute Gasteiger partial charge is 0.273 e. The molecule has 0 fully saturated rings. The van der Waals surface area contributed by atoms with Crippen molar-refractivity contribution < 1.29 is 14.6 Å². The largest absolute Gasteiger partial charge is 0.276 e. The minimum Gasteiger partial charge on any atom is -0.273 e. The summed E-state index contributed by atoms with van der Waals surface area (Å²) in [5.41, 5.74) is 2.00. The summed E-state index contributed by atoms with van der Waals surface area (Å²) in [6.45, 7) is 4.19. The van der Waals surface area contributed by atoms with Gasteiger partial charge in [0.05, 0.1) is 22.1 Å². The predicted molar refractivity (Wildman–Crippen MR) is 66.4 cm³/mol. The Morgan fingerprint density at radius 1 is 1.56 bits per heavy atom. The van der Waals surface area contributed by atoms with E-state index in [9.17, 15) is 14.9 Å². The number of halogens is 1. The van der Waals surface area contributed by atoms with Crippen LogP contribution in [0.25, 0.3) is 0 Å². The number of hydroxylamine groups is 1. The third-order valence-corrected chi connectivity index (χ3v) is 2.32. The molecule has 0 radical (unpaired) electrons. The lowest BCUT2D eigenvalue weighted by molar-refractivity contribution is -0.384. The lowest BCUT2D eigenvalue weighted by atomic mass is 10.2. The van der Waals surface area contributed by atoms with Crippen molar-refractivity contribution in [3.05, 3.63) is 38.9 Å². The molecule has 0 aliphatic heterocycles. The maximum Gasteiger partial charge on any atom is 0.276 e. The van der Waals surface area contributed by atoms with E-state index in [1.165, 1.54) is 12.1 Å². The van der Waals surface area contributed by atoms with Crippen molar-refractivity contribution in [1.29, 1.82) is 0 Å². The molecule has 0 aliphatic rings. The fourth-order valence-corrected chi connectivity index (χ4v) is 1.33. The number of rotatable bonds is 5. The number of carbonyl (C=O) groups excluding carboxylic acids is 1. The maximum atomic E-state index is 11.7. The SMILES string of the molecule is CC(C)CONC(=O)c1cc([N+](=O)[O-])ccc1Cl. The van der Waals surface area contributed by atoms with Crippen molar-refractivity contribution in [1.82, 2.24) is 5.48 Å². The van der Waals surface area contributed by atoms with Crippen molar-refractivity contribution in [2.75, 3.05) is 6.61 Å². The van der Waals surface area contributed by atoms with Gasteiger partial charge in [0.1, 0.15) is 0 Å². The molecule has 1 N–H and O–H groups in total. The topological polar surface area (TPSA) is 81.5 Å². The molecule has 6 nitrogen and oxygen atoms in total. The monoisotopic (exact) mass is 272 g/mol. The minimum atomic E-state index is -0.607. The van der Waals surface area contributed by atoms with Gasteiger partial charge in [-0.25, -0.2) is 5.48 Å². The van der Waals surface area contributed by atoms with Gasteiger partial charge in [0.2, 0.25) is 0 Å². The van der Waals surface area contributed by atoms with Gasteiger partial charge in [0.15, 0.2) is 0 Å². The fourth-order valence-electron chi connectivity index (χ4n) is 1.13. The number of benzene rings is 1. The highest BCUT2D eigenvalue weighted by atomic mass is 35.5. The van der Waals surface area contributed by atoms with Crippen LogP contribution in [-0.4, -0.2) is 17.4 Å². The zero-order valence-corrected chi connectivity index (χ0v) is 10.7. The first-order valence-corrected chi connectivity index (χ1v) is 5.65. The van der Waals surface area contributed by atoms with E-state index in [2.05, 4.69) is 5.48 Å². The number of hydrogen-bond donors (Lipinski definition) is 1. The zero-order chi connectivity index (χ0) is 13.7.